The fourth-order valence-electron chi connectivity index (χ4n) is 4.55. The SMILES string of the molecule is CN(C)Cc1nc(N2CCC(c3ccnn3C)CC2)c2c(-c3ccccc3)csc2n1. The van der Waals surface area contributed by atoms with Gasteiger partial charge in [0.25, 0.3) is 0 Å². The molecule has 0 aliphatic carbocycles. The van der Waals surface area contributed by atoms with Crippen molar-refractivity contribution in [3.05, 3.63) is 59.5 Å². The van der Waals surface area contributed by atoms with Crippen LogP contribution in [0.4, 0.5) is 5.82 Å². The maximum Gasteiger partial charge on any atom is 0.146 e. The smallest absolute Gasteiger partial charge is 0.146 e. The topological polar surface area (TPSA) is 50.1 Å². The number of aromatic nitrogens is 4. The van der Waals surface area contributed by atoms with E-state index in [9.17, 15) is 0 Å². The second kappa shape index (κ2) is 8.40. The summed E-state index contributed by atoms with van der Waals surface area (Å²) in [5.41, 5.74) is 3.80. The lowest BCUT2D eigenvalue weighted by molar-refractivity contribution is 0.390. The van der Waals surface area contributed by atoms with Crippen LogP contribution in [-0.2, 0) is 13.6 Å². The summed E-state index contributed by atoms with van der Waals surface area (Å²) in [7, 11) is 6.17. The Kier molecular flexibility index (Phi) is 5.46. The number of hydrogen-bond acceptors (Lipinski definition) is 6. The van der Waals surface area contributed by atoms with E-state index in [1.165, 1.54) is 22.2 Å². The third-order valence-electron chi connectivity index (χ3n) is 6.07. The van der Waals surface area contributed by atoms with E-state index in [2.05, 4.69) is 70.8 Å². The Hall–Kier alpha value is -2.77. The van der Waals surface area contributed by atoms with Crippen LogP contribution in [0.5, 0.6) is 0 Å². The van der Waals surface area contributed by atoms with E-state index in [4.69, 9.17) is 9.97 Å². The van der Waals surface area contributed by atoms with Crippen molar-refractivity contribution < 1.29 is 0 Å². The molecule has 1 aliphatic rings. The average molecular weight is 433 g/mol. The standard InChI is InChI=1S/C24H28N6S/c1-28(2)15-21-26-23(30-13-10-18(11-14-30)20-9-12-25-29(20)3)22-19(16-31-24(22)27-21)17-7-5-4-6-8-17/h4-9,12,16,18H,10-11,13-15H2,1-3H3. The van der Waals surface area contributed by atoms with Crippen LogP contribution in [0.25, 0.3) is 21.3 Å². The summed E-state index contributed by atoms with van der Waals surface area (Å²) in [5, 5.41) is 7.79. The molecule has 7 heteroatoms. The number of aryl methyl sites for hydroxylation is 1. The van der Waals surface area contributed by atoms with Crippen molar-refractivity contribution in [3.63, 3.8) is 0 Å². The lowest BCUT2D eigenvalue weighted by Gasteiger charge is -2.33. The number of fused-ring (bicyclic) bond motifs is 1. The molecule has 1 aromatic carbocycles. The van der Waals surface area contributed by atoms with E-state index in [-0.39, 0.29) is 0 Å². The number of thiophene rings is 1. The highest BCUT2D eigenvalue weighted by atomic mass is 32.1. The van der Waals surface area contributed by atoms with Gasteiger partial charge >= 0.3 is 0 Å². The van der Waals surface area contributed by atoms with E-state index in [0.717, 1.165) is 48.9 Å². The van der Waals surface area contributed by atoms with E-state index >= 15 is 0 Å². The van der Waals surface area contributed by atoms with Gasteiger partial charge in [0.2, 0.25) is 0 Å². The Bertz CT molecular complexity index is 1170. The van der Waals surface area contributed by atoms with Crippen molar-refractivity contribution in [2.24, 2.45) is 7.05 Å². The molecule has 0 unspecified atom stereocenters. The zero-order valence-electron chi connectivity index (χ0n) is 18.3. The van der Waals surface area contributed by atoms with Crippen LogP contribution in [-0.4, -0.2) is 51.8 Å². The first-order chi connectivity index (χ1) is 15.1. The molecular formula is C24H28N6S. The number of piperidine rings is 1. The van der Waals surface area contributed by atoms with E-state index in [1.54, 1.807) is 11.3 Å². The van der Waals surface area contributed by atoms with Gasteiger partial charge in [0.15, 0.2) is 0 Å². The minimum absolute atomic E-state index is 0.554. The summed E-state index contributed by atoms with van der Waals surface area (Å²) >= 11 is 1.72. The molecule has 0 radical (unpaired) electrons. The molecule has 3 aromatic heterocycles. The van der Waals surface area contributed by atoms with Gasteiger partial charge in [-0.25, -0.2) is 9.97 Å². The summed E-state index contributed by atoms with van der Waals surface area (Å²) in [4.78, 5) is 15.7. The molecule has 6 nitrogen and oxygen atoms in total. The van der Waals surface area contributed by atoms with Gasteiger partial charge < -0.3 is 9.80 Å². The predicted molar refractivity (Wildman–Crippen MR) is 128 cm³/mol. The molecule has 0 atom stereocenters. The van der Waals surface area contributed by atoms with Crippen molar-refractivity contribution in [2.45, 2.75) is 25.3 Å². The monoisotopic (exact) mass is 432 g/mol. The average Bonchev–Trinajstić information content (AvgIpc) is 3.40. The van der Waals surface area contributed by atoms with Gasteiger partial charge in [-0.05, 0) is 38.6 Å². The van der Waals surface area contributed by atoms with Crippen LogP contribution in [0.3, 0.4) is 0 Å². The summed E-state index contributed by atoms with van der Waals surface area (Å²) in [6.07, 6.45) is 4.12. The predicted octanol–water partition coefficient (Wildman–Crippen LogP) is 4.54. The lowest BCUT2D eigenvalue weighted by Crippen LogP contribution is -2.34. The summed E-state index contributed by atoms with van der Waals surface area (Å²) < 4.78 is 2.02. The first kappa shape index (κ1) is 20.2. The normalized spacial score (nSPS) is 15.3. The minimum atomic E-state index is 0.554. The maximum atomic E-state index is 5.09. The molecule has 4 heterocycles. The Morgan fingerprint density at radius 2 is 1.84 bits per heavy atom. The molecule has 1 saturated heterocycles. The van der Waals surface area contributed by atoms with Crippen LogP contribution >= 0.6 is 11.3 Å². The van der Waals surface area contributed by atoms with Gasteiger partial charge in [0.05, 0.1) is 11.9 Å². The third-order valence-corrected chi connectivity index (χ3v) is 6.95. The zero-order valence-corrected chi connectivity index (χ0v) is 19.1. The summed E-state index contributed by atoms with van der Waals surface area (Å²) in [5.74, 6) is 2.53. The molecule has 0 bridgehead atoms. The van der Waals surface area contributed by atoms with E-state index < -0.39 is 0 Å². The van der Waals surface area contributed by atoms with Crippen molar-refractivity contribution in [1.29, 1.82) is 0 Å². The van der Waals surface area contributed by atoms with Crippen molar-refractivity contribution in [1.82, 2.24) is 24.6 Å². The van der Waals surface area contributed by atoms with Crippen LogP contribution in [0.2, 0.25) is 0 Å². The fourth-order valence-corrected chi connectivity index (χ4v) is 5.51. The molecule has 160 valence electrons. The largest absolute Gasteiger partial charge is 0.356 e. The molecule has 5 rings (SSSR count). The molecule has 0 N–H and O–H groups in total. The van der Waals surface area contributed by atoms with E-state index in [0.29, 0.717) is 5.92 Å². The molecule has 1 fully saturated rings. The van der Waals surface area contributed by atoms with Crippen molar-refractivity contribution in [3.8, 4) is 11.1 Å². The number of rotatable bonds is 5. The Morgan fingerprint density at radius 3 is 2.52 bits per heavy atom. The first-order valence-corrected chi connectivity index (χ1v) is 11.7. The Labute approximate surface area is 187 Å². The van der Waals surface area contributed by atoms with Crippen LogP contribution in [0.15, 0.2) is 48.0 Å². The second-order valence-corrected chi connectivity index (χ2v) is 9.40. The fraction of sp³-hybridized carbons (Fsp3) is 0.375. The molecule has 0 spiro atoms. The highest BCUT2D eigenvalue weighted by molar-refractivity contribution is 7.17. The van der Waals surface area contributed by atoms with Gasteiger partial charge in [-0.1, -0.05) is 30.3 Å². The minimum Gasteiger partial charge on any atom is -0.356 e. The van der Waals surface area contributed by atoms with Gasteiger partial charge in [0, 0.05) is 48.9 Å². The van der Waals surface area contributed by atoms with Gasteiger partial charge in [0.1, 0.15) is 16.5 Å². The number of benzene rings is 1. The lowest BCUT2D eigenvalue weighted by atomic mass is 9.93. The second-order valence-electron chi connectivity index (χ2n) is 8.54. The van der Waals surface area contributed by atoms with Crippen LogP contribution < -0.4 is 4.90 Å². The van der Waals surface area contributed by atoms with Crippen molar-refractivity contribution in [2.75, 3.05) is 32.1 Å². The molecule has 0 amide bonds. The first-order valence-electron chi connectivity index (χ1n) is 10.8. The van der Waals surface area contributed by atoms with E-state index in [1.807, 2.05) is 17.9 Å². The number of anilines is 1. The third kappa shape index (κ3) is 3.95. The Morgan fingerprint density at radius 1 is 1.06 bits per heavy atom. The molecule has 0 saturated carbocycles. The highest BCUT2D eigenvalue weighted by Crippen LogP contribution is 2.40. The highest BCUT2D eigenvalue weighted by Gasteiger charge is 2.26. The number of nitrogens with zero attached hydrogens (tertiary/aromatic N) is 6. The summed E-state index contributed by atoms with van der Waals surface area (Å²) in [6, 6.07) is 12.8. The van der Waals surface area contributed by atoms with Crippen molar-refractivity contribution >= 4 is 27.4 Å². The van der Waals surface area contributed by atoms with Gasteiger partial charge in [-0.15, -0.1) is 11.3 Å². The van der Waals surface area contributed by atoms with Gasteiger partial charge in [-0.2, -0.15) is 5.10 Å². The number of hydrogen-bond donors (Lipinski definition) is 0. The molecule has 1 aliphatic heterocycles. The summed E-state index contributed by atoms with van der Waals surface area (Å²) in [6.45, 7) is 2.73. The zero-order chi connectivity index (χ0) is 21.4. The molecule has 4 aromatic rings. The quantitative estimate of drug-likeness (QED) is 0.463. The Balaban J connectivity index is 1.53. The maximum absolute atomic E-state index is 5.09. The van der Waals surface area contributed by atoms with Crippen LogP contribution in [0.1, 0.15) is 30.3 Å². The molecule has 31 heavy (non-hydrogen) atoms. The molecular weight excluding hydrogens is 404 g/mol. The van der Waals surface area contributed by atoms with Crippen LogP contribution in [0, 0.1) is 0 Å². The van der Waals surface area contributed by atoms with Gasteiger partial charge in [-0.3, -0.25) is 4.68 Å².